The smallest absolute Gasteiger partial charge is 0.315 e. The lowest BCUT2D eigenvalue weighted by Crippen LogP contribution is -2.24. The van der Waals surface area contributed by atoms with Crippen LogP contribution in [0.25, 0.3) is 0 Å². The Labute approximate surface area is 242 Å². The monoisotopic (exact) mass is 598 g/mol. The fraction of sp³-hybridized carbons (Fsp3) is 0.214. The van der Waals surface area contributed by atoms with Crippen LogP contribution in [0, 0.1) is 0 Å². The number of amides is 1. The molecular formula is C28H27ClN4O5S2. The minimum Gasteiger partial charge on any atom is -0.466 e. The molecule has 3 aromatic rings. The number of esters is 1. The van der Waals surface area contributed by atoms with Crippen molar-refractivity contribution < 1.29 is 22.7 Å². The van der Waals surface area contributed by atoms with Crippen LogP contribution in [0.1, 0.15) is 30.4 Å². The van der Waals surface area contributed by atoms with Gasteiger partial charge in [0.1, 0.15) is 6.42 Å². The molecular weight excluding hydrogens is 572 g/mol. The molecule has 0 aliphatic carbocycles. The van der Waals surface area contributed by atoms with Crippen molar-refractivity contribution in [2.24, 2.45) is 9.50 Å². The molecule has 1 heterocycles. The zero-order valence-corrected chi connectivity index (χ0v) is 24.2. The maximum Gasteiger partial charge on any atom is 0.315 e. The van der Waals surface area contributed by atoms with E-state index in [0.29, 0.717) is 17.3 Å². The molecule has 1 N–H and O–H groups in total. The van der Waals surface area contributed by atoms with E-state index in [1.54, 1.807) is 30.3 Å². The third-order valence-corrected chi connectivity index (χ3v) is 8.22. The molecule has 1 atom stereocenters. The molecule has 12 heteroatoms. The second-order valence-corrected chi connectivity index (χ2v) is 11.5. The van der Waals surface area contributed by atoms with Crippen LogP contribution in [0.3, 0.4) is 0 Å². The van der Waals surface area contributed by atoms with Gasteiger partial charge < -0.3 is 10.1 Å². The molecule has 0 fully saturated rings. The SMILES string of the molecule is CCOC(=O)CC(=O)Nc1ccc(C2=NN(C(=NS(=O)(=O)c3ccc(Cl)cc3)SC)CC2c2ccccc2)cc1. The molecule has 0 bridgehead atoms. The molecule has 0 spiro atoms. The van der Waals surface area contributed by atoms with Crippen molar-refractivity contribution in [2.75, 3.05) is 24.7 Å². The molecule has 1 aliphatic rings. The summed E-state index contributed by atoms with van der Waals surface area (Å²) in [4.78, 5) is 23.8. The highest BCUT2D eigenvalue weighted by Crippen LogP contribution is 2.31. The lowest BCUT2D eigenvalue weighted by molar-refractivity contribution is -0.145. The first-order chi connectivity index (χ1) is 19.2. The third kappa shape index (κ3) is 7.29. The lowest BCUT2D eigenvalue weighted by atomic mass is 9.90. The summed E-state index contributed by atoms with van der Waals surface area (Å²) in [5.74, 6) is -1.23. The highest BCUT2D eigenvalue weighted by Gasteiger charge is 2.32. The number of sulfonamides is 1. The second-order valence-electron chi connectivity index (χ2n) is 8.64. The van der Waals surface area contributed by atoms with Crippen molar-refractivity contribution in [2.45, 2.75) is 24.2 Å². The number of carbonyl (C=O) groups excluding carboxylic acids is 2. The Morgan fingerprint density at radius 3 is 2.38 bits per heavy atom. The van der Waals surface area contributed by atoms with Gasteiger partial charge in [-0.2, -0.15) is 13.5 Å². The van der Waals surface area contributed by atoms with Gasteiger partial charge in [-0.3, -0.25) is 9.59 Å². The zero-order chi connectivity index (χ0) is 28.7. The largest absolute Gasteiger partial charge is 0.466 e. The van der Waals surface area contributed by atoms with Gasteiger partial charge in [-0.15, -0.1) is 4.40 Å². The highest BCUT2D eigenvalue weighted by molar-refractivity contribution is 8.13. The maximum atomic E-state index is 13.0. The first kappa shape index (κ1) is 29.3. The summed E-state index contributed by atoms with van der Waals surface area (Å²) in [5.41, 5.74) is 3.05. The molecule has 0 saturated heterocycles. The van der Waals surface area contributed by atoms with Gasteiger partial charge in [0.2, 0.25) is 5.91 Å². The van der Waals surface area contributed by atoms with Gasteiger partial charge in [0.25, 0.3) is 10.0 Å². The number of ether oxygens (including phenoxy) is 1. The number of anilines is 1. The number of halogens is 1. The normalized spacial score (nSPS) is 15.5. The van der Waals surface area contributed by atoms with Crippen LogP contribution < -0.4 is 5.32 Å². The van der Waals surface area contributed by atoms with E-state index in [4.69, 9.17) is 21.4 Å². The minimum absolute atomic E-state index is 0.0343. The van der Waals surface area contributed by atoms with Gasteiger partial charge in [-0.05, 0) is 60.7 Å². The fourth-order valence-corrected chi connectivity index (χ4v) is 5.98. The first-order valence-electron chi connectivity index (χ1n) is 12.3. The summed E-state index contributed by atoms with van der Waals surface area (Å²) in [6.07, 6.45) is 1.37. The number of rotatable bonds is 8. The summed E-state index contributed by atoms with van der Waals surface area (Å²) >= 11 is 7.10. The predicted molar refractivity (Wildman–Crippen MR) is 158 cm³/mol. The Kier molecular flexibility index (Phi) is 9.62. The number of benzene rings is 3. The molecule has 3 aromatic carbocycles. The van der Waals surface area contributed by atoms with Crippen LogP contribution in [0.15, 0.2) is 93.3 Å². The van der Waals surface area contributed by atoms with Gasteiger partial charge in [0, 0.05) is 16.6 Å². The average molecular weight is 599 g/mol. The summed E-state index contributed by atoms with van der Waals surface area (Å²) in [5, 5.41) is 9.73. The molecule has 4 rings (SSSR count). The molecule has 1 amide bonds. The van der Waals surface area contributed by atoms with Crippen molar-refractivity contribution in [1.29, 1.82) is 0 Å². The van der Waals surface area contributed by atoms with E-state index in [1.807, 2.05) is 42.5 Å². The number of hydrogen-bond donors (Lipinski definition) is 1. The summed E-state index contributed by atoms with van der Waals surface area (Å²) in [6.45, 7) is 2.27. The number of nitrogens with zero attached hydrogens (tertiary/aromatic N) is 3. The Bertz CT molecular complexity index is 1530. The van der Waals surface area contributed by atoms with Crippen LogP contribution in [0.4, 0.5) is 5.69 Å². The maximum absolute atomic E-state index is 13.0. The number of hydrazone groups is 1. The van der Waals surface area contributed by atoms with Crippen LogP contribution in [0.5, 0.6) is 0 Å². The van der Waals surface area contributed by atoms with Crippen molar-refractivity contribution in [1.82, 2.24) is 5.01 Å². The minimum atomic E-state index is -4.00. The van der Waals surface area contributed by atoms with Gasteiger partial charge in [-0.1, -0.05) is 65.8 Å². The Balaban J connectivity index is 1.62. The van der Waals surface area contributed by atoms with E-state index >= 15 is 0 Å². The van der Waals surface area contributed by atoms with E-state index in [0.717, 1.165) is 16.8 Å². The van der Waals surface area contributed by atoms with Crippen molar-refractivity contribution in [3.8, 4) is 0 Å². The van der Waals surface area contributed by atoms with Crippen LogP contribution in [-0.4, -0.2) is 55.6 Å². The van der Waals surface area contributed by atoms with E-state index in [1.165, 1.54) is 36.0 Å². The highest BCUT2D eigenvalue weighted by atomic mass is 35.5. The summed E-state index contributed by atoms with van der Waals surface area (Å²) in [7, 11) is -4.00. The Morgan fingerprint density at radius 1 is 1.07 bits per heavy atom. The summed E-state index contributed by atoms with van der Waals surface area (Å²) in [6, 6.07) is 22.7. The van der Waals surface area contributed by atoms with Gasteiger partial charge in [0.05, 0.1) is 23.8 Å². The fourth-order valence-electron chi connectivity index (χ4n) is 4.05. The van der Waals surface area contributed by atoms with Crippen molar-refractivity contribution in [3.63, 3.8) is 0 Å². The molecule has 0 saturated carbocycles. The van der Waals surface area contributed by atoms with Crippen molar-refractivity contribution in [3.05, 3.63) is 95.0 Å². The predicted octanol–water partition coefficient (Wildman–Crippen LogP) is 5.14. The van der Waals surface area contributed by atoms with E-state index in [2.05, 4.69) is 9.71 Å². The van der Waals surface area contributed by atoms with Crippen molar-refractivity contribution >= 4 is 61.8 Å². The molecule has 1 unspecified atom stereocenters. The third-order valence-electron chi connectivity index (χ3n) is 5.90. The number of thioether (sulfide) groups is 1. The molecule has 208 valence electrons. The topological polar surface area (TPSA) is 118 Å². The van der Waals surface area contributed by atoms with Crippen LogP contribution >= 0.6 is 23.4 Å². The molecule has 0 aromatic heterocycles. The molecule has 1 aliphatic heterocycles. The molecule has 40 heavy (non-hydrogen) atoms. The van der Waals surface area contributed by atoms with E-state index in [9.17, 15) is 18.0 Å². The lowest BCUT2D eigenvalue weighted by Gasteiger charge is -2.17. The number of amidine groups is 1. The van der Waals surface area contributed by atoms with Gasteiger partial charge in [0.15, 0.2) is 5.17 Å². The summed E-state index contributed by atoms with van der Waals surface area (Å²) < 4.78 is 34.9. The van der Waals surface area contributed by atoms with Gasteiger partial charge >= 0.3 is 5.97 Å². The van der Waals surface area contributed by atoms with Gasteiger partial charge in [-0.25, -0.2) is 5.01 Å². The molecule has 0 radical (unpaired) electrons. The van der Waals surface area contributed by atoms with E-state index < -0.39 is 21.9 Å². The van der Waals surface area contributed by atoms with E-state index in [-0.39, 0.29) is 29.0 Å². The molecule has 9 nitrogen and oxygen atoms in total. The number of nitrogens with one attached hydrogen (secondary N) is 1. The average Bonchev–Trinajstić information content (AvgIpc) is 3.38. The number of hydrogen-bond acceptors (Lipinski definition) is 7. The van der Waals surface area contributed by atoms with Crippen LogP contribution in [-0.2, 0) is 24.3 Å². The quantitative estimate of drug-likeness (QED) is 0.165. The standard InChI is InChI=1S/C28H27ClN4O5S2/c1-3-38-26(35)17-25(34)30-22-13-9-20(10-14-22)27-24(19-7-5-4-6-8-19)18-33(31-27)28(39-2)32-40(36,37)23-15-11-21(29)12-16-23/h4-16,24H,3,17-18H2,1-2H3,(H,30,34). The second kappa shape index (κ2) is 13.1. The first-order valence-corrected chi connectivity index (χ1v) is 15.4. The Morgan fingerprint density at radius 2 is 1.75 bits per heavy atom. The zero-order valence-electron chi connectivity index (χ0n) is 21.8. The Hall–Kier alpha value is -3.67. The van der Waals surface area contributed by atoms with Crippen LogP contribution in [0.2, 0.25) is 5.02 Å². The number of carbonyl (C=O) groups is 2.